The van der Waals surface area contributed by atoms with Crippen molar-refractivity contribution in [2.75, 3.05) is 25.0 Å². The zero-order valence-corrected chi connectivity index (χ0v) is 16.2. The molecule has 2 aromatic rings. The van der Waals surface area contributed by atoms with Crippen molar-refractivity contribution in [1.29, 1.82) is 0 Å². The van der Waals surface area contributed by atoms with Crippen LogP contribution in [0.4, 0.5) is 10.9 Å². The molecule has 1 fully saturated rings. The van der Waals surface area contributed by atoms with Crippen molar-refractivity contribution in [2.45, 2.75) is 44.9 Å². The van der Waals surface area contributed by atoms with Crippen molar-refractivity contribution in [1.82, 2.24) is 20.1 Å². The van der Waals surface area contributed by atoms with E-state index < -0.39 is 0 Å². The van der Waals surface area contributed by atoms with Crippen molar-refractivity contribution in [3.8, 4) is 0 Å². The summed E-state index contributed by atoms with van der Waals surface area (Å²) in [5.74, 6) is 2.29. The number of likely N-dealkylation sites (tertiary alicyclic amines) is 1. The molecule has 1 saturated heterocycles. The standard InChI is InChI=1S/C20H27N5S/c1-15-23-24-20(26-15)22-19-9-5-8-18(21-19)17-10-12-25(13-11-17)14-16-6-3-2-4-7-16/h2-3,5,8-9,16-17H,4,6-7,10-14H2,1H3,(H,21,22,24)/t16-/m0/s1. The molecular formula is C20H27N5S. The first-order valence-corrected chi connectivity index (χ1v) is 10.5. The van der Waals surface area contributed by atoms with Gasteiger partial charge in [0, 0.05) is 18.2 Å². The van der Waals surface area contributed by atoms with E-state index >= 15 is 0 Å². The van der Waals surface area contributed by atoms with Crippen LogP contribution in [0.2, 0.25) is 0 Å². The summed E-state index contributed by atoms with van der Waals surface area (Å²) < 4.78 is 0. The molecule has 1 aliphatic heterocycles. The first-order valence-electron chi connectivity index (χ1n) is 9.68. The molecule has 0 saturated carbocycles. The number of pyridine rings is 1. The van der Waals surface area contributed by atoms with E-state index in [0.717, 1.165) is 21.9 Å². The summed E-state index contributed by atoms with van der Waals surface area (Å²) in [4.78, 5) is 7.50. The summed E-state index contributed by atoms with van der Waals surface area (Å²) in [7, 11) is 0. The van der Waals surface area contributed by atoms with Crippen LogP contribution in [0.3, 0.4) is 0 Å². The Morgan fingerprint density at radius 2 is 2.04 bits per heavy atom. The first kappa shape index (κ1) is 17.6. The molecule has 1 aliphatic carbocycles. The van der Waals surface area contributed by atoms with Gasteiger partial charge in [0.05, 0.1) is 0 Å². The lowest BCUT2D eigenvalue weighted by Crippen LogP contribution is -2.37. The number of hydrogen-bond acceptors (Lipinski definition) is 6. The van der Waals surface area contributed by atoms with Crippen LogP contribution in [0, 0.1) is 12.8 Å². The van der Waals surface area contributed by atoms with E-state index in [-0.39, 0.29) is 0 Å². The largest absolute Gasteiger partial charge is 0.315 e. The van der Waals surface area contributed by atoms with Crippen LogP contribution < -0.4 is 5.32 Å². The number of allylic oxidation sites excluding steroid dienone is 2. The molecule has 0 bridgehead atoms. The van der Waals surface area contributed by atoms with Gasteiger partial charge in [0.15, 0.2) is 0 Å². The third-order valence-corrected chi connectivity index (χ3v) is 6.19. The lowest BCUT2D eigenvalue weighted by atomic mass is 9.90. The van der Waals surface area contributed by atoms with E-state index in [1.807, 2.05) is 13.0 Å². The van der Waals surface area contributed by atoms with Gasteiger partial charge in [-0.1, -0.05) is 29.6 Å². The maximum atomic E-state index is 4.84. The minimum atomic E-state index is 0.565. The van der Waals surface area contributed by atoms with E-state index in [9.17, 15) is 0 Å². The van der Waals surface area contributed by atoms with E-state index in [1.54, 1.807) is 11.3 Å². The molecule has 0 spiro atoms. The van der Waals surface area contributed by atoms with Gasteiger partial charge in [-0.25, -0.2) is 4.98 Å². The Morgan fingerprint density at radius 1 is 1.15 bits per heavy atom. The Balaban J connectivity index is 1.32. The highest BCUT2D eigenvalue weighted by Crippen LogP contribution is 2.29. The fourth-order valence-electron chi connectivity index (χ4n) is 4.00. The molecule has 2 aromatic heterocycles. The fraction of sp³-hybridized carbons (Fsp3) is 0.550. The lowest BCUT2D eigenvalue weighted by molar-refractivity contribution is 0.177. The van der Waals surface area contributed by atoms with Crippen molar-refractivity contribution in [2.24, 2.45) is 5.92 Å². The van der Waals surface area contributed by atoms with Gasteiger partial charge in [-0.2, -0.15) is 0 Å². The molecule has 2 aliphatic rings. The molecule has 3 heterocycles. The van der Waals surface area contributed by atoms with Crippen molar-refractivity contribution >= 4 is 22.3 Å². The molecule has 0 unspecified atom stereocenters. The van der Waals surface area contributed by atoms with Gasteiger partial charge < -0.3 is 10.2 Å². The SMILES string of the molecule is Cc1nnc(Nc2cccc(C3CCN(C[C@H]4CC=CCC4)CC3)n2)s1. The molecular weight excluding hydrogens is 342 g/mol. The smallest absolute Gasteiger partial charge is 0.211 e. The zero-order valence-electron chi connectivity index (χ0n) is 15.4. The summed E-state index contributed by atoms with van der Waals surface area (Å²) in [5.41, 5.74) is 1.21. The van der Waals surface area contributed by atoms with Crippen LogP contribution in [-0.2, 0) is 0 Å². The molecule has 1 atom stereocenters. The van der Waals surface area contributed by atoms with Gasteiger partial charge in [-0.05, 0) is 70.2 Å². The zero-order chi connectivity index (χ0) is 17.8. The quantitative estimate of drug-likeness (QED) is 0.785. The molecule has 26 heavy (non-hydrogen) atoms. The third kappa shape index (κ3) is 4.48. The number of rotatable bonds is 5. The Labute approximate surface area is 159 Å². The Bertz CT molecular complexity index is 748. The van der Waals surface area contributed by atoms with E-state index in [1.165, 1.54) is 57.4 Å². The summed E-state index contributed by atoms with van der Waals surface area (Å²) in [5, 5.41) is 13.2. The van der Waals surface area contributed by atoms with Crippen LogP contribution in [0.15, 0.2) is 30.4 Å². The molecule has 1 N–H and O–H groups in total. The van der Waals surface area contributed by atoms with Crippen LogP contribution in [0.1, 0.15) is 48.7 Å². The molecule has 4 rings (SSSR count). The monoisotopic (exact) mass is 369 g/mol. The van der Waals surface area contributed by atoms with Crippen LogP contribution in [0.5, 0.6) is 0 Å². The second kappa shape index (κ2) is 8.27. The summed E-state index contributed by atoms with van der Waals surface area (Å²) >= 11 is 1.56. The maximum Gasteiger partial charge on any atom is 0.211 e. The second-order valence-electron chi connectivity index (χ2n) is 7.42. The summed E-state index contributed by atoms with van der Waals surface area (Å²) in [6.45, 7) is 5.62. The number of piperidine rings is 1. The maximum absolute atomic E-state index is 4.84. The van der Waals surface area contributed by atoms with Crippen LogP contribution >= 0.6 is 11.3 Å². The number of aryl methyl sites for hydroxylation is 1. The van der Waals surface area contributed by atoms with Crippen molar-refractivity contribution in [3.05, 3.63) is 41.1 Å². The average molecular weight is 370 g/mol. The number of nitrogens with zero attached hydrogens (tertiary/aromatic N) is 4. The first-order chi connectivity index (χ1) is 12.8. The normalized spacial score (nSPS) is 21.8. The highest BCUT2D eigenvalue weighted by molar-refractivity contribution is 7.15. The van der Waals surface area contributed by atoms with Crippen LogP contribution in [0.25, 0.3) is 0 Å². The third-order valence-electron chi connectivity index (χ3n) is 5.43. The van der Waals surface area contributed by atoms with Gasteiger partial charge in [0.1, 0.15) is 10.8 Å². The van der Waals surface area contributed by atoms with Gasteiger partial charge in [0.25, 0.3) is 0 Å². The van der Waals surface area contributed by atoms with Gasteiger partial charge in [-0.15, -0.1) is 10.2 Å². The van der Waals surface area contributed by atoms with Crippen LogP contribution in [-0.4, -0.2) is 39.7 Å². The molecule has 0 amide bonds. The van der Waals surface area contributed by atoms with Gasteiger partial charge in [0.2, 0.25) is 5.13 Å². The molecule has 138 valence electrons. The van der Waals surface area contributed by atoms with E-state index in [4.69, 9.17) is 4.98 Å². The van der Waals surface area contributed by atoms with Gasteiger partial charge >= 0.3 is 0 Å². The molecule has 5 nitrogen and oxygen atoms in total. The highest BCUT2D eigenvalue weighted by atomic mass is 32.1. The van der Waals surface area contributed by atoms with E-state index in [2.05, 4.69) is 44.7 Å². The molecule has 6 heteroatoms. The molecule has 0 radical (unpaired) electrons. The Kier molecular flexibility index (Phi) is 5.60. The minimum Gasteiger partial charge on any atom is -0.315 e. The lowest BCUT2D eigenvalue weighted by Gasteiger charge is -2.34. The topological polar surface area (TPSA) is 53.9 Å². The summed E-state index contributed by atoms with van der Waals surface area (Å²) in [6.07, 6.45) is 11.0. The second-order valence-corrected chi connectivity index (χ2v) is 8.61. The molecule has 0 aromatic carbocycles. The van der Waals surface area contributed by atoms with E-state index in [0.29, 0.717) is 5.92 Å². The van der Waals surface area contributed by atoms with Gasteiger partial charge in [-0.3, -0.25) is 0 Å². The number of anilines is 2. The van der Waals surface area contributed by atoms with Crippen molar-refractivity contribution < 1.29 is 0 Å². The minimum absolute atomic E-state index is 0.565. The fourth-order valence-corrected chi connectivity index (χ4v) is 4.60. The predicted molar refractivity (Wildman–Crippen MR) is 107 cm³/mol. The number of nitrogens with one attached hydrogen (secondary N) is 1. The number of aromatic nitrogens is 3. The highest BCUT2D eigenvalue weighted by Gasteiger charge is 2.23. The Morgan fingerprint density at radius 3 is 2.77 bits per heavy atom. The predicted octanol–water partition coefficient (Wildman–Crippen LogP) is 4.52. The number of hydrogen-bond donors (Lipinski definition) is 1. The van der Waals surface area contributed by atoms with Crippen molar-refractivity contribution in [3.63, 3.8) is 0 Å². The average Bonchev–Trinajstić information content (AvgIpc) is 3.08. The summed E-state index contributed by atoms with van der Waals surface area (Å²) in [6, 6.07) is 6.27. The Hall–Kier alpha value is -1.79.